The number of nitrogens with one attached hydrogen (secondary N) is 1. The standard InChI is InChI=1S/C13H27NO/c1-4-7-14-13(9-12-5-6-12)8-11(2)10-15-3/h11-14H,4-10H2,1-3H3. The molecule has 0 bridgehead atoms. The van der Waals surface area contributed by atoms with Gasteiger partial charge in [0.05, 0.1) is 0 Å². The molecule has 0 aromatic carbocycles. The third-order valence-electron chi connectivity index (χ3n) is 3.14. The minimum Gasteiger partial charge on any atom is -0.384 e. The van der Waals surface area contributed by atoms with Crippen molar-refractivity contribution in [2.75, 3.05) is 20.3 Å². The summed E-state index contributed by atoms with van der Waals surface area (Å²) in [6, 6.07) is 0.725. The molecular formula is C13H27NO. The first-order valence-corrected chi connectivity index (χ1v) is 6.48. The summed E-state index contributed by atoms with van der Waals surface area (Å²) >= 11 is 0. The summed E-state index contributed by atoms with van der Waals surface area (Å²) in [5.74, 6) is 1.71. The van der Waals surface area contributed by atoms with Crippen molar-refractivity contribution in [2.24, 2.45) is 11.8 Å². The molecule has 15 heavy (non-hydrogen) atoms. The highest BCUT2D eigenvalue weighted by atomic mass is 16.5. The lowest BCUT2D eigenvalue weighted by atomic mass is 9.98. The van der Waals surface area contributed by atoms with Gasteiger partial charge in [0, 0.05) is 19.8 Å². The van der Waals surface area contributed by atoms with E-state index in [-0.39, 0.29) is 0 Å². The smallest absolute Gasteiger partial charge is 0.0488 e. The molecule has 90 valence electrons. The van der Waals surface area contributed by atoms with Crippen LogP contribution >= 0.6 is 0 Å². The topological polar surface area (TPSA) is 21.3 Å². The van der Waals surface area contributed by atoms with E-state index in [4.69, 9.17) is 4.74 Å². The van der Waals surface area contributed by atoms with E-state index in [0.29, 0.717) is 5.92 Å². The molecule has 1 saturated carbocycles. The van der Waals surface area contributed by atoms with Gasteiger partial charge in [-0.1, -0.05) is 26.7 Å². The highest BCUT2D eigenvalue weighted by molar-refractivity contribution is 4.81. The van der Waals surface area contributed by atoms with E-state index in [1.807, 2.05) is 0 Å². The Hall–Kier alpha value is -0.0800. The van der Waals surface area contributed by atoms with Gasteiger partial charge in [-0.3, -0.25) is 0 Å². The van der Waals surface area contributed by atoms with Crippen molar-refractivity contribution in [3.05, 3.63) is 0 Å². The van der Waals surface area contributed by atoms with Crippen LogP contribution < -0.4 is 5.32 Å². The third kappa shape index (κ3) is 6.16. The molecule has 1 N–H and O–H groups in total. The normalized spacial score (nSPS) is 20.2. The van der Waals surface area contributed by atoms with E-state index >= 15 is 0 Å². The molecule has 2 atom stereocenters. The lowest BCUT2D eigenvalue weighted by Crippen LogP contribution is -2.32. The fraction of sp³-hybridized carbons (Fsp3) is 1.00. The Morgan fingerprint density at radius 2 is 2.13 bits per heavy atom. The maximum absolute atomic E-state index is 5.20. The first-order valence-electron chi connectivity index (χ1n) is 6.48. The van der Waals surface area contributed by atoms with E-state index in [1.54, 1.807) is 7.11 Å². The monoisotopic (exact) mass is 213 g/mol. The predicted molar refractivity (Wildman–Crippen MR) is 65.1 cm³/mol. The Bertz CT molecular complexity index is 157. The van der Waals surface area contributed by atoms with Crippen molar-refractivity contribution in [1.82, 2.24) is 5.32 Å². The number of hydrogen-bond acceptors (Lipinski definition) is 2. The summed E-state index contributed by atoms with van der Waals surface area (Å²) in [6.07, 6.45) is 6.81. The molecule has 2 heteroatoms. The minimum atomic E-state index is 0.683. The zero-order valence-corrected chi connectivity index (χ0v) is 10.6. The maximum Gasteiger partial charge on any atom is 0.0488 e. The van der Waals surface area contributed by atoms with Crippen molar-refractivity contribution >= 4 is 0 Å². The second kappa shape index (κ2) is 7.24. The zero-order valence-electron chi connectivity index (χ0n) is 10.6. The molecule has 0 aromatic heterocycles. The van der Waals surface area contributed by atoms with Gasteiger partial charge in [0.2, 0.25) is 0 Å². The SMILES string of the molecule is CCCNC(CC(C)COC)CC1CC1. The Morgan fingerprint density at radius 3 is 2.67 bits per heavy atom. The van der Waals surface area contributed by atoms with E-state index < -0.39 is 0 Å². The largest absolute Gasteiger partial charge is 0.384 e. The van der Waals surface area contributed by atoms with Crippen LogP contribution in [0, 0.1) is 11.8 Å². The van der Waals surface area contributed by atoms with E-state index in [0.717, 1.165) is 25.1 Å². The van der Waals surface area contributed by atoms with Crippen molar-refractivity contribution in [2.45, 2.75) is 52.0 Å². The van der Waals surface area contributed by atoms with Crippen LogP contribution in [0.5, 0.6) is 0 Å². The van der Waals surface area contributed by atoms with E-state index in [9.17, 15) is 0 Å². The summed E-state index contributed by atoms with van der Waals surface area (Å²) in [7, 11) is 1.80. The molecule has 0 radical (unpaired) electrons. The minimum absolute atomic E-state index is 0.683. The van der Waals surface area contributed by atoms with Crippen LogP contribution in [0.4, 0.5) is 0 Å². The molecular weight excluding hydrogens is 186 g/mol. The van der Waals surface area contributed by atoms with Crippen LogP contribution in [-0.4, -0.2) is 26.3 Å². The summed E-state index contributed by atoms with van der Waals surface area (Å²) in [6.45, 7) is 6.59. The summed E-state index contributed by atoms with van der Waals surface area (Å²) in [5, 5.41) is 3.67. The molecule has 1 fully saturated rings. The number of methoxy groups -OCH3 is 1. The molecule has 1 aliphatic carbocycles. The molecule has 2 nitrogen and oxygen atoms in total. The van der Waals surface area contributed by atoms with Gasteiger partial charge in [0.25, 0.3) is 0 Å². The Labute approximate surface area is 94.8 Å². The second-order valence-corrected chi connectivity index (χ2v) is 5.13. The summed E-state index contributed by atoms with van der Waals surface area (Å²) in [4.78, 5) is 0. The van der Waals surface area contributed by atoms with Gasteiger partial charge >= 0.3 is 0 Å². The van der Waals surface area contributed by atoms with Crippen LogP contribution in [0.25, 0.3) is 0 Å². The number of ether oxygens (including phenoxy) is 1. The van der Waals surface area contributed by atoms with Gasteiger partial charge < -0.3 is 10.1 Å². The van der Waals surface area contributed by atoms with Crippen LogP contribution in [0.1, 0.15) is 46.0 Å². The molecule has 0 aromatic rings. The highest BCUT2D eigenvalue weighted by Gasteiger charge is 2.25. The number of rotatable bonds is 9. The average molecular weight is 213 g/mol. The predicted octanol–water partition coefficient (Wildman–Crippen LogP) is 2.83. The van der Waals surface area contributed by atoms with Gasteiger partial charge in [-0.15, -0.1) is 0 Å². The molecule has 0 spiro atoms. The quantitative estimate of drug-likeness (QED) is 0.636. The van der Waals surface area contributed by atoms with Gasteiger partial charge in [-0.05, 0) is 37.6 Å². The fourth-order valence-corrected chi connectivity index (χ4v) is 2.21. The van der Waals surface area contributed by atoms with E-state index in [2.05, 4.69) is 19.2 Å². The van der Waals surface area contributed by atoms with Gasteiger partial charge in [0.1, 0.15) is 0 Å². The van der Waals surface area contributed by atoms with Crippen LogP contribution in [0.3, 0.4) is 0 Å². The lowest BCUT2D eigenvalue weighted by Gasteiger charge is -2.21. The third-order valence-corrected chi connectivity index (χ3v) is 3.14. The Balaban J connectivity index is 2.19. The molecule has 0 heterocycles. The fourth-order valence-electron chi connectivity index (χ4n) is 2.21. The molecule has 0 saturated heterocycles. The van der Waals surface area contributed by atoms with Crippen molar-refractivity contribution < 1.29 is 4.74 Å². The second-order valence-electron chi connectivity index (χ2n) is 5.13. The van der Waals surface area contributed by atoms with Crippen LogP contribution in [0.2, 0.25) is 0 Å². The Morgan fingerprint density at radius 1 is 1.40 bits per heavy atom. The average Bonchev–Trinajstić information content (AvgIpc) is 2.98. The molecule has 2 unspecified atom stereocenters. The summed E-state index contributed by atoms with van der Waals surface area (Å²) < 4.78 is 5.20. The van der Waals surface area contributed by atoms with Crippen molar-refractivity contribution in [1.29, 1.82) is 0 Å². The highest BCUT2D eigenvalue weighted by Crippen LogP contribution is 2.34. The van der Waals surface area contributed by atoms with Gasteiger partial charge in [0.15, 0.2) is 0 Å². The van der Waals surface area contributed by atoms with Crippen molar-refractivity contribution in [3.63, 3.8) is 0 Å². The van der Waals surface area contributed by atoms with Crippen molar-refractivity contribution in [3.8, 4) is 0 Å². The molecule has 1 rings (SSSR count). The Kier molecular flexibility index (Phi) is 6.26. The molecule has 0 aliphatic heterocycles. The molecule has 0 amide bonds. The maximum atomic E-state index is 5.20. The first-order chi connectivity index (χ1) is 7.26. The van der Waals surface area contributed by atoms with E-state index in [1.165, 1.54) is 32.1 Å². The summed E-state index contributed by atoms with van der Waals surface area (Å²) in [5.41, 5.74) is 0. The first kappa shape index (κ1) is 13.0. The zero-order chi connectivity index (χ0) is 11.1. The molecule has 1 aliphatic rings. The van der Waals surface area contributed by atoms with Gasteiger partial charge in [-0.25, -0.2) is 0 Å². The lowest BCUT2D eigenvalue weighted by molar-refractivity contribution is 0.148. The van der Waals surface area contributed by atoms with Crippen LogP contribution in [0.15, 0.2) is 0 Å². The van der Waals surface area contributed by atoms with Gasteiger partial charge in [-0.2, -0.15) is 0 Å². The number of hydrogen-bond donors (Lipinski definition) is 1. The van der Waals surface area contributed by atoms with Crippen LogP contribution in [-0.2, 0) is 4.74 Å².